The summed E-state index contributed by atoms with van der Waals surface area (Å²) in [5, 5.41) is 0. The molecular weight excluding hydrogens is 264 g/mol. The van der Waals surface area contributed by atoms with Crippen LogP contribution in [-0.4, -0.2) is 49.5 Å². The molecule has 1 aromatic heterocycles. The van der Waals surface area contributed by atoms with Gasteiger partial charge in [0.15, 0.2) is 0 Å². The van der Waals surface area contributed by atoms with Gasteiger partial charge in [-0.2, -0.15) is 0 Å². The molecule has 0 aromatic carbocycles. The number of nitrogens with zero attached hydrogens (tertiary/aromatic N) is 3. The molecule has 2 atom stereocenters. The van der Waals surface area contributed by atoms with Crippen molar-refractivity contribution in [3.63, 3.8) is 0 Å². The van der Waals surface area contributed by atoms with Crippen molar-refractivity contribution >= 4 is 11.7 Å². The minimum atomic E-state index is -0.0193. The summed E-state index contributed by atoms with van der Waals surface area (Å²) in [6.45, 7) is 0.728. The lowest BCUT2D eigenvalue weighted by atomic mass is 9.84. The third-order valence-corrected chi connectivity index (χ3v) is 4.43. The predicted molar refractivity (Wildman–Crippen MR) is 85.5 cm³/mol. The monoisotopic (exact) mass is 290 g/mol. The second-order valence-corrected chi connectivity index (χ2v) is 6.06. The third-order valence-electron chi connectivity index (χ3n) is 4.43. The first-order chi connectivity index (χ1) is 10.0. The zero-order chi connectivity index (χ0) is 15.4. The minimum absolute atomic E-state index is 0.0193. The number of nitrogens with two attached hydrogens (primary N) is 1. The average Bonchev–Trinajstić information content (AvgIpc) is 2.53. The lowest BCUT2D eigenvalue weighted by Crippen LogP contribution is -2.43. The Labute approximate surface area is 127 Å². The highest BCUT2D eigenvalue weighted by molar-refractivity contribution is 5.93. The Bertz CT molecular complexity index is 472. The maximum absolute atomic E-state index is 11.9. The molecule has 2 unspecified atom stereocenters. The molecule has 1 fully saturated rings. The number of amides is 1. The van der Waals surface area contributed by atoms with E-state index in [0.29, 0.717) is 17.5 Å². The Kier molecular flexibility index (Phi) is 5.17. The van der Waals surface area contributed by atoms with Gasteiger partial charge in [-0.1, -0.05) is 12.8 Å². The molecule has 2 N–H and O–H groups in total. The van der Waals surface area contributed by atoms with Gasteiger partial charge in [-0.15, -0.1) is 0 Å². The van der Waals surface area contributed by atoms with Crippen LogP contribution >= 0.6 is 0 Å². The van der Waals surface area contributed by atoms with E-state index >= 15 is 0 Å². The van der Waals surface area contributed by atoms with Gasteiger partial charge in [-0.3, -0.25) is 4.79 Å². The van der Waals surface area contributed by atoms with Crippen LogP contribution < -0.4 is 10.6 Å². The topological polar surface area (TPSA) is 62.5 Å². The summed E-state index contributed by atoms with van der Waals surface area (Å²) in [7, 11) is 5.57. The maximum atomic E-state index is 11.9. The van der Waals surface area contributed by atoms with E-state index < -0.39 is 0 Å². The van der Waals surface area contributed by atoms with Gasteiger partial charge < -0.3 is 15.5 Å². The molecule has 21 heavy (non-hydrogen) atoms. The Balaban J connectivity index is 2.12. The van der Waals surface area contributed by atoms with E-state index in [1.165, 1.54) is 25.7 Å². The molecule has 1 aliphatic rings. The fourth-order valence-corrected chi connectivity index (χ4v) is 3.12. The second-order valence-electron chi connectivity index (χ2n) is 6.06. The van der Waals surface area contributed by atoms with Crippen molar-refractivity contribution in [1.29, 1.82) is 0 Å². The minimum Gasteiger partial charge on any atom is -0.356 e. The van der Waals surface area contributed by atoms with Crippen molar-refractivity contribution in [2.45, 2.75) is 31.7 Å². The summed E-state index contributed by atoms with van der Waals surface area (Å²) < 4.78 is 0. The van der Waals surface area contributed by atoms with Crippen LogP contribution in [-0.2, 0) is 0 Å². The van der Waals surface area contributed by atoms with Gasteiger partial charge in [-0.05, 0) is 37.4 Å². The van der Waals surface area contributed by atoms with Gasteiger partial charge in [0, 0.05) is 33.4 Å². The first-order valence-corrected chi connectivity index (χ1v) is 7.65. The number of rotatable bonds is 4. The summed E-state index contributed by atoms with van der Waals surface area (Å²) in [4.78, 5) is 20.1. The van der Waals surface area contributed by atoms with Gasteiger partial charge in [0.1, 0.15) is 5.82 Å². The average molecular weight is 290 g/mol. The summed E-state index contributed by atoms with van der Waals surface area (Å²) >= 11 is 0. The van der Waals surface area contributed by atoms with Crippen LogP contribution in [0.2, 0.25) is 0 Å². The smallest absolute Gasteiger partial charge is 0.254 e. The predicted octanol–water partition coefficient (Wildman–Crippen LogP) is 1.74. The summed E-state index contributed by atoms with van der Waals surface area (Å²) in [6.07, 6.45) is 6.55. The highest BCUT2D eigenvalue weighted by atomic mass is 16.2. The number of aromatic nitrogens is 1. The first-order valence-electron chi connectivity index (χ1n) is 7.65. The zero-order valence-corrected chi connectivity index (χ0v) is 13.2. The van der Waals surface area contributed by atoms with Crippen molar-refractivity contribution in [3.05, 3.63) is 23.9 Å². The lowest BCUT2D eigenvalue weighted by Gasteiger charge is -2.38. The Hall–Kier alpha value is -1.62. The van der Waals surface area contributed by atoms with E-state index in [0.717, 1.165) is 12.4 Å². The Morgan fingerprint density at radius 1 is 1.29 bits per heavy atom. The summed E-state index contributed by atoms with van der Waals surface area (Å²) in [5.74, 6) is 1.43. The number of carbonyl (C=O) groups excluding carboxylic acids is 1. The van der Waals surface area contributed by atoms with Gasteiger partial charge in [-0.25, -0.2) is 4.98 Å². The highest BCUT2D eigenvalue weighted by Crippen LogP contribution is 2.29. The van der Waals surface area contributed by atoms with Crippen LogP contribution in [0.4, 0.5) is 5.82 Å². The molecule has 0 saturated heterocycles. The second kappa shape index (κ2) is 6.89. The van der Waals surface area contributed by atoms with Gasteiger partial charge in [0.25, 0.3) is 5.91 Å². The molecule has 5 nitrogen and oxygen atoms in total. The van der Waals surface area contributed by atoms with Crippen molar-refractivity contribution in [1.82, 2.24) is 9.88 Å². The molecule has 0 aliphatic heterocycles. The number of pyridine rings is 1. The molecule has 5 heteroatoms. The zero-order valence-electron chi connectivity index (χ0n) is 13.2. The third kappa shape index (κ3) is 3.53. The van der Waals surface area contributed by atoms with Gasteiger partial charge in [0.05, 0.1) is 5.56 Å². The molecule has 1 amide bonds. The van der Waals surface area contributed by atoms with E-state index in [-0.39, 0.29) is 5.91 Å². The van der Waals surface area contributed by atoms with Gasteiger partial charge >= 0.3 is 0 Å². The Morgan fingerprint density at radius 3 is 2.57 bits per heavy atom. The van der Waals surface area contributed by atoms with Crippen molar-refractivity contribution in [2.24, 2.45) is 11.7 Å². The standard InChI is InChI=1S/C16H26N4O/c1-19(2)16(21)13-8-9-15(18-11-13)20(3)14-7-5-4-6-12(14)10-17/h8-9,11-12,14H,4-7,10,17H2,1-3H3. The number of carbonyl (C=O) groups is 1. The molecule has 2 rings (SSSR count). The largest absolute Gasteiger partial charge is 0.356 e. The van der Waals surface area contributed by atoms with E-state index in [1.54, 1.807) is 25.2 Å². The number of hydrogen-bond acceptors (Lipinski definition) is 4. The van der Waals surface area contributed by atoms with Crippen LogP contribution in [0, 0.1) is 5.92 Å². The molecule has 1 heterocycles. The van der Waals surface area contributed by atoms with Crippen molar-refractivity contribution < 1.29 is 4.79 Å². The molecule has 0 radical (unpaired) electrons. The number of anilines is 1. The van der Waals surface area contributed by atoms with Crippen LogP contribution in [0.5, 0.6) is 0 Å². The molecule has 1 saturated carbocycles. The summed E-state index contributed by atoms with van der Waals surface area (Å²) in [6, 6.07) is 4.23. The van der Waals surface area contributed by atoms with Gasteiger partial charge in [0.2, 0.25) is 0 Å². The Morgan fingerprint density at radius 2 is 2.00 bits per heavy atom. The van der Waals surface area contributed by atoms with Crippen LogP contribution in [0.1, 0.15) is 36.0 Å². The normalized spacial score (nSPS) is 21.9. The van der Waals surface area contributed by atoms with Crippen LogP contribution in [0.3, 0.4) is 0 Å². The van der Waals surface area contributed by atoms with Crippen LogP contribution in [0.15, 0.2) is 18.3 Å². The van der Waals surface area contributed by atoms with E-state index in [4.69, 9.17) is 5.73 Å². The molecule has 1 aromatic rings. The molecule has 0 bridgehead atoms. The van der Waals surface area contributed by atoms with E-state index in [2.05, 4.69) is 16.9 Å². The number of hydrogen-bond donors (Lipinski definition) is 1. The van der Waals surface area contributed by atoms with E-state index in [9.17, 15) is 4.79 Å². The first kappa shape index (κ1) is 15.8. The molecule has 0 spiro atoms. The molecule has 1 aliphatic carbocycles. The lowest BCUT2D eigenvalue weighted by molar-refractivity contribution is 0.0827. The van der Waals surface area contributed by atoms with E-state index in [1.807, 2.05) is 12.1 Å². The highest BCUT2D eigenvalue weighted by Gasteiger charge is 2.28. The van der Waals surface area contributed by atoms with Crippen molar-refractivity contribution in [2.75, 3.05) is 32.6 Å². The molecular formula is C16H26N4O. The maximum Gasteiger partial charge on any atom is 0.254 e. The quantitative estimate of drug-likeness (QED) is 0.917. The fourth-order valence-electron chi connectivity index (χ4n) is 3.12. The van der Waals surface area contributed by atoms with Crippen molar-refractivity contribution in [3.8, 4) is 0 Å². The SMILES string of the molecule is CN(C)C(=O)c1ccc(N(C)C2CCCCC2CN)nc1. The van der Waals surface area contributed by atoms with Crippen LogP contribution in [0.25, 0.3) is 0 Å². The fraction of sp³-hybridized carbons (Fsp3) is 0.625. The molecule has 116 valence electrons. The summed E-state index contributed by atoms with van der Waals surface area (Å²) in [5.41, 5.74) is 6.53.